The Morgan fingerprint density at radius 2 is 1.71 bits per heavy atom. The van der Waals surface area contributed by atoms with E-state index >= 15 is 0 Å². The minimum Gasteiger partial charge on any atom is -0.404 e. The molecule has 1 atom stereocenters. The third-order valence-electron chi connectivity index (χ3n) is 6.16. The number of rotatable bonds is 7. The molecule has 3 N–H and O–H groups in total. The van der Waals surface area contributed by atoms with Crippen LogP contribution >= 0.6 is 11.6 Å². The van der Waals surface area contributed by atoms with Crippen molar-refractivity contribution in [2.75, 3.05) is 0 Å². The molecule has 0 spiro atoms. The Bertz CT molecular complexity index is 1350. The van der Waals surface area contributed by atoms with E-state index in [4.69, 9.17) is 17.3 Å². The van der Waals surface area contributed by atoms with Crippen LogP contribution < -0.4 is 15.8 Å². The zero-order valence-electron chi connectivity index (χ0n) is 20.7. The van der Waals surface area contributed by atoms with Crippen LogP contribution in [-0.4, -0.2) is 30.8 Å². The number of carbonyl (C=O) groups is 1. The summed E-state index contributed by atoms with van der Waals surface area (Å²) in [4.78, 5) is 15.5. The molecule has 41 heavy (non-hydrogen) atoms. The fraction of sp³-hybridized carbons (Fsp3) is 0.360. The van der Waals surface area contributed by atoms with Gasteiger partial charge in [-0.1, -0.05) is 30.7 Å². The maximum absolute atomic E-state index is 14.6. The molecule has 0 saturated carbocycles. The van der Waals surface area contributed by atoms with Gasteiger partial charge in [0.05, 0.1) is 11.1 Å². The number of nitrogens with one attached hydrogen (secondary N) is 1. The molecule has 0 bridgehead atoms. The molecule has 1 unspecified atom stereocenters. The Hall–Kier alpha value is -3.49. The van der Waals surface area contributed by atoms with Crippen LogP contribution in [0.1, 0.15) is 48.1 Å². The maximum Gasteiger partial charge on any atom is 0.573 e. The first-order valence-corrected chi connectivity index (χ1v) is 12.0. The number of benzene rings is 2. The van der Waals surface area contributed by atoms with Crippen LogP contribution in [-0.2, 0) is 16.9 Å². The van der Waals surface area contributed by atoms with Crippen molar-refractivity contribution in [3.05, 3.63) is 63.8 Å². The molecule has 1 aliphatic rings. The van der Waals surface area contributed by atoms with Crippen molar-refractivity contribution in [1.82, 2.24) is 5.32 Å². The van der Waals surface area contributed by atoms with Gasteiger partial charge >= 0.3 is 24.4 Å². The number of nitrogens with zero attached hydrogens (tertiary/aromatic N) is 1. The normalized spacial score (nSPS) is 16.7. The predicted molar refractivity (Wildman–Crippen MR) is 129 cm³/mol. The highest BCUT2D eigenvalue weighted by Gasteiger charge is 2.73. The molecule has 0 saturated heterocycles. The first kappa shape index (κ1) is 32.0. The molecule has 1 amide bonds. The molecular weight excluding hydrogens is 600 g/mol. The molecule has 1 aliphatic carbocycles. The van der Waals surface area contributed by atoms with Gasteiger partial charge in [0.1, 0.15) is 5.69 Å². The molecule has 224 valence electrons. The van der Waals surface area contributed by atoms with E-state index in [0.29, 0.717) is 18.4 Å². The molecule has 5 nitrogen and oxygen atoms in total. The molecule has 16 heteroatoms. The largest absolute Gasteiger partial charge is 0.573 e. The van der Waals surface area contributed by atoms with Crippen molar-refractivity contribution in [2.45, 2.75) is 56.6 Å². The summed E-state index contributed by atoms with van der Waals surface area (Å²) in [5, 5.41) is 1.64. The van der Waals surface area contributed by atoms with Crippen molar-refractivity contribution in [3.63, 3.8) is 0 Å². The van der Waals surface area contributed by atoms with Gasteiger partial charge in [-0.2, -0.15) is 26.3 Å². The highest BCUT2D eigenvalue weighted by Crippen LogP contribution is 2.55. The van der Waals surface area contributed by atoms with Crippen LogP contribution in [0.5, 0.6) is 5.75 Å². The van der Waals surface area contributed by atoms with Crippen molar-refractivity contribution >= 4 is 35.0 Å². The Morgan fingerprint density at radius 3 is 2.24 bits per heavy atom. The average Bonchev–Trinajstić information content (AvgIpc) is 3.24. The lowest BCUT2D eigenvalue weighted by Crippen LogP contribution is -2.50. The van der Waals surface area contributed by atoms with Crippen molar-refractivity contribution in [2.24, 2.45) is 10.7 Å². The zero-order valence-corrected chi connectivity index (χ0v) is 21.5. The predicted octanol–water partition coefficient (Wildman–Crippen LogP) is 7.74. The van der Waals surface area contributed by atoms with Gasteiger partial charge in [0, 0.05) is 30.0 Å². The van der Waals surface area contributed by atoms with Crippen LogP contribution in [0.4, 0.5) is 49.6 Å². The van der Waals surface area contributed by atoms with Crippen LogP contribution in [0.15, 0.2) is 41.5 Å². The third-order valence-corrected chi connectivity index (χ3v) is 6.45. The summed E-state index contributed by atoms with van der Waals surface area (Å²) < 4.78 is 137. The summed E-state index contributed by atoms with van der Waals surface area (Å²) in [6.07, 6.45) is -15.6. The Morgan fingerprint density at radius 1 is 1.07 bits per heavy atom. The Kier molecular flexibility index (Phi) is 8.92. The van der Waals surface area contributed by atoms with Gasteiger partial charge in [-0.05, 0) is 47.7 Å². The second kappa shape index (κ2) is 11.4. The van der Waals surface area contributed by atoms with Crippen molar-refractivity contribution in [1.29, 1.82) is 0 Å². The topological polar surface area (TPSA) is 76.7 Å². The van der Waals surface area contributed by atoms with Gasteiger partial charge in [-0.25, -0.2) is 4.39 Å². The van der Waals surface area contributed by atoms with E-state index in [1.165, 1.54) is 0 Å². The van der Waals surface area contributed by atoms with E-state index in [2.05, 4.69) is 15.0 Å². The van der Waals surface area contributed by atoms with Gasteiger partial charge in [0.25, 0.3) is 0 Å². The van der Waals surface area contributed by atoms with E-state index in [-0.39, 0.29) is 30.0 Å². The second-order valence-electron chi connectivity index (χ2n) is 8.81. The number of ether oxygens (including phenoxy) is 1. The van der Waals surface area contributed by atoms with Gasteiger partial charge in [0.2, 0.25) is 5.91 Å². The highest BCUT2D eigenvalue weighted by molar-refractivity contribution is 6.33. The lowest BCUT2D eigenvalue weighted by molar-refractivity contribution is -0.348. The van der Waals surface area contributed by atoms with E-state index in [1.54, 1.807) is 25.1 Å². The van der Waals surface area contributed by atoms with E-state index in [1.807, 2.05) is 0 Å². The monoisotopic (exact) mass is 619 g/mol. The first-order chi connectivity index (χ1) is 18.8. The summed E-state index contributed by atoms with van der Waals surface area (Å²) in [7, 11) is 0. The van der Waals surface area contributed by atoms with E-state index in [9.17, 15) is 48.7 Å². The number of aliphatic imine (C=N–C) groups is 1. The fourth-order valence-electron chi connectivity index (χ4n) is 4.16. The van der Waals surface area contributed by atoms with Crippen molar-refractivity contribution in [3.8, 4) is 5.75 Å². The standard InChI is InChI=1S/C25H20ClF10N3O2/c1-2-20(40)39-18-6-5-12-3-4-13(7-16(12)18)14(10-37)11-38-21-17(26)8-15(9-19(21)41-25(34,35)36)22(27,23(28,29)30)24(31,32)33/h3-4,7-11,18H,2,5-6,37H2,1H3,(H,39,40). The molecular formula is C25H20ClF10N3O2. The zero-order chi connectivity index (χ0) is 31.0. The van der Waals surface area contributed by atoms with Gasteiger partial charge in [0.15, 0.2) is 5.75 Å². The molecule has 3 rings (SSSR count). The molecule has 0 aromatic heterocycles. The SMILES string of the molecule is CCC(=O)NC1CCc2ccc(C(C=Nc3c(Cl)cc(C(F)(C(F)(F)F)C(F)(F)F)cc3OC(F)(F)F)=CN)cc21. The minimum absolute atomic E-state index is 0.0452. The van der Waals surface area contributed by atoms with Crippen LogP contribution in [0.2, 0.25) is 5.02 Å². The number of aryl methyl sites for hydroxylation is 1. The number of amides is 1. The lowest BCUT2D eigenvalue weighted by atomic mass is 9.93. The number of carbonyl (C=O) groups excluding carboxylic acids is 1. The number of hydrogen-bond acceptors (Lipinski definition) is 4. The fourth-order valence-corrected chi connectivity index (χ4v) is 4.42. The summed E-state index contributed by atoms with van der Waals surface area (Å²) in [5.41, 5.74) is -1.74. The summed E-state index contributed by atoms with van der Waals surface area (Å²) in [5.74, 6) is -1.92. The number of fused-ring (bicyclic) bond motifs is 1. The molecule has 0 aliphatic heterocycles. The summed E-state index contributed by atoms with van der Waals surface area (Å²) in [6, 6.07) is 4.04. The third kappa shape index (κ3) is 6.71. The number of allylic oxidation sites excluding steroid dienone is 1. The second-order valence-corrected chi connectivity index (χ2v) is 9.22. The average molecular weight is 620 g/mol. The Labute approximate surface area is 231 Å². The summed E-state index contributed by atoms with van der Waals surface area (Å²) in [6.45, 7) is 1.67. The minimum atomic E-state index is -6.62. The number of halogens is 11. The van der Waals surface area contributed by atoms with Gasteiger partial charge in [-0.3, -0.25) is 9.79 Å². The van der Waals surface area contributed by atoms with Gasteiger partial charge < -0.3 is 15.8 Å². The Balaban J connectivity index is 2.08. The van der Waals surface area contributed by atoms with Crippen LogP contribution in [0.3, 0.4) is 0 Å². The molecule has 0 fully saturated rings. The smallest absolute Gasteiger partial charge is 0.404 e. The summed E-state index contributed by atoms with van der Waals surface area (Å²) >= 11 is 5.75. The number of hydrogen-bond donors (Lipinski definition) is 2. The molecule has 0 heterocycles. The van der Waals surface area contributed by atoms with Crippen LogP contribution in [0.25, 0.3) is 5.57 Å². The van der Waals surface area contributed by atoms with E-state index < -0.39 is 52.5 Å². The quantitative estimate of drug-likeness (QED) is 0.246. The molecule has 2 aromatic rings. The number of nitrogens with two attached hydrogens (primary N) is 1. The first-order valence-electron chi connectivity index (χ1n) is 11.6. The van der Waals surface area contributed by atoms with Gasteiger partial charge in [-0.15, -0.1) is 13.2 Å². The van der Waals surface area contributed by atoms with Crippen LogP contribution in [0, 0.1) is 0 Å². The van der Waals surface area contributed by atoms with E-state index in [0.717, 1.165) is 23.5 Å². The van der Waals surface area contributed by atoms with Crippen molar-refractivity contribution < 1.29 is 53.4 Å². The highest BCUT2D eigenvalue weighted by atomic mass is 35.5. The maximum atomic E-state index is 14.6. The molecule has 0 radical (unpaired) electrons. The molecule has 2 aromatic carbocycles. The number of alkyl halides is 10. The lowest BCUT2D eigenvalue weighted by Gasteiger charge is -2.30.